The van der Waals surface area contributed by atoms with Gasteiger partial charge in [-0.05, 0) is 48.5 Å². The summed E-state index contributed by atoms with van der Waals surface area (Å²) >= 11 is 1.22. The number of aromatic carboxylic acids is 4. The van der Waals surface area contributed by atoms with Gasteiger partial charge in [0.2, 0.25) is 0 Å². The Bertz CT molecular complexity index is 1600. The fraction of sp³-hybridized carbons (Fsp3) is 0. The van der Waals surface area contributed by atoms with Gasteiger partial charge in [0.1, 0.15) is 22.6 Å². The van der Waals surface area contributed by atoms with E-state index in [1.807, 2.05) is 18.2 Å². The Balaban J connectivity index is 1.90. The van der Waals surface area contributed by atoms with E-state index >= 15 is 0 Å². The van der Waals surface area contributed by atoms with Crippen LogP contribution in [0.3, 0.4) is 0 Å². The zero-order valence-electron chi connectivity index (χ0n) is 19.7. The maximum absolute atomic E-state index is 12.0. The van der Waals surface area contributed by atoms with Gasteiger partial charge in [-0.15, -0.1) is 0 Å². The molecule has 0 aliphatic rings. The highest BCUT2D eigenvalue weighted by Gasteiger charge is 2.26. The van der Waals surface area contributed by atoms with Crippen LogP contribution in [-0.4, -0.2) is 44.3 Å². The van der Waals surface area contributed by atoms with Gasteiger partial charge in [0.15, 0.2) is 11.5 Å². The summed E-state index contributed by atoms with van der Waals surface area (Å²) in [6.07, 6.45) is 0. The minimum atomic E-state index is -1.54. The van der Waals surface area contributed by atoms with Crippen molar-refractivity contribution in [3.05, 3.63) is 107 Å². The summed E-state index contributed by atoms with van der Waals surface area (Å²) in [4.78, 5) is 48.5. The van der Waals surface area contributed by atoms with Gasteiger partial charge >= 0.3 is 23.9 Å². The smallest absolute Gasteiger partial charge is 0.340 e. The summed E-state index contributed by atoms with van der Waals surface area (Å²) in [5.41, 5.74) is -2.21. The molecule has 10 nitrogen and oxygen atoms in total. The van der Waals surface area contributed by atoms with E-state index in [1.54, 1.807) is 24.3 Å². The molecule has 4 aromatic carbocycles. The molecule has 0 radical (unpaired) electrons. The minimum absolute atomic E-state index is 0.0477. The molecule has 0 bridgehead atoms. The normalized spacial score (nSPS) is 10.5. The lowest BCUT2D eigenvalue weighted by Crippen LogP contribution is -2.10. The molecule has 0 spiro atoms. The average molecular weight is 547 g/mol. The van der Waals surface area contributed by atoms with Gasteiger partial charge in [0.25, 0.3) is 0 Å². The van der Waals surface area contributed by atoms with Gasteiger partial charge in [0, 0.05) is 4.90 Å². The number of hydrogen-bond donors (Lipinski definition) is 4. The van der Waals surface area contributed by atoms with Crippen LogP contribution in [0, 0.1) is 0 Å². The lowest BCUT2D eigenvalue weighted by Gasteiger charge is -2.18. The molecule has 0 heterocycles. The molecule has 0 amide bonds. The number of ether oxygens (including phenoxy) is 2. The lowest BCUT2D eigenvalue weighted by atomic mass is 10.1. The predicted molar refractivity (Wildman–Crippen MR) is 138 cm³/mol. The van der Waals surface area contributed by atoms with Gasteiger partial charge in [-0.3, -0.25) is 0 Å². The third-order valence-electron chi connectivity index (χ3n) is 5.29. The largest absolute Gasteiger partial charge is 0.478 e. The Morgan fingerprint density at radius 1 is 0.513 bits per heavy atom. The van der Waals surface area contributed by atoms with E-state index in [0.717, 1.165) is 17.0 Å². The van der Waals surface area contributed by atoms with E-state index in [0.29, 0.717) is 4.90 Å². The van der Waals surface area contributed by atoms with Crippen molar-refractivity contribution in [2.45, 2.75) is 9.79 Å². The SMILES string of the molecule is O=C(O)c1cccc(Oc2cccc(Sc3ccccc3)c2Oc2cccc(C(=O)O)c2C(=O)O)c1C(=O)O. The molecule has 0 aliphatic carbocycles. The number of carboxylic acids is 4. The lowest BCUT2D eigenvalue weighted by molar-refractivity contribution is 0.0648. The van der Waals surface area contributed by atoms with E-state index in [1.165, 1.54) is 42.1 Å². The first-order chi connectivity index (χ1) is 18.7. The van der Waals surface area contributed by atoms with Gasteiger partial charge < -0.3 is 29.9 Å². The second-order valence-electron chi connectivity index (χ2n) is 7.78. The molecule has 0 aliphatic heterocycles. The molecule has 0 atom stereocenters. The van der Waals surface area contributed by atoms with Gasteiger partial charge in [0.05, 0.1) is 16.0 Å². The first-order valence-electron chi connectivity index (χ1n) is 11.1. The molecule has 4 N–H and O–H groups in total. The molecule has 4 aromatic rings. The van der Waals surface area contributed by atoms with Crippen LogP contribution in [0.25, 0.3) is 0 Å². The third-order valence-corrected chi connectivity index (χ3v) is 6.34. The topological polar surface area (TPSA) is 168 Å². The van der Waals surface area contributed by atoms with Crippen LogP contribution in [0.4, 0.5) is 0 Å². The maximum atomic E-state index is 12.0. The van der Waals surface area contributed by atoms with Gasteiger partial charge in [-0.2, -0.15) is 0 Å². The fourth-order valence-corrected chi connectivity index (χ4v) is 4.56. The molecule has 196 valence electrons. The number of hydrogen-bond acceptors (Lipinski definition) is 7. The molecule has 0 aromatic heterocycles. The summed E-state index contributed by atoms with van der Waals surface area (Å²) in [5.74, 6) is -6.75. The Morgan fingerprint density at radius 2 is 1.00 bits per heavy atom. The summed E-state index contributed by atoms with van der Waals surface area (Å²) in [7, 11) is 0. The molecule has 0 saturated heterocycles. The summed E-state index contributed by atoms with van der Waals surface area (Å²) in [5, 5.41) is 38.4. The monoisotopic (exact) mass is 546 g/mol. The van der Waals surface area contributed by atoms with Gasteiger partial charge in [-0.25, -0.2) is 19.2 Å². The molecule has 11 heteroatoms. The first kappa shape index (κ1) is 26.8. The number of para-hydroxylation sites is 1. The van der Waals surface area contributed by atoms with Crippen molar-refractivity contribution in [2.24, 2.45) is 0 Å². The highest BCUT2D eigenvalue weighted by Crippen LogP contribution is 2.46. The number of carboxylic acid groups (broad SMARTS) is 4. The highest BCUT2D eigenvalue weighted by atomic mass is 32.2. The van der Waals surface area contributed by atoms with Crippen molar-refractivity contribution in [2.75, 3.05) is 0 Å². The van der Waals surface area contributed by atoms with Crippen LogP contribution in [0.1, 0.15) is 41.4 Å². The van der Waals surface area contributed by atoms with Crippen molar-refractivity contribution in [3.63, 3.8) is 0 Å². The number of rotatable bonds is 10. The molecule has 39 heavy (non-hydrogen) atoms. The van der Waals surface area contributed by atoms with Crippen molar-refractivity contribution in [3.8, 4) is 23.0 Å². The standard InChI is InChI=1S/C28H18O10S/c29-25(30)16-9-4-11-18(22(16)27(33)34)37-20-13-6-14-21(39-15-7-2-1-3-8-15)24(20)38-19-12-5-10-17(26(31)32)23(19)28(35)36/h1-14H,(H,29,30)(H,31,32)(H,33,34)(H,35,36). The van der Waals surface area contributed by atoms with Gasteiger partial charge in [-0.1, -0.05) is 48.2 Å². The predicted octanol–water partition coefficient (Wildman–Crippen LogP) is 6.22. The second kappa shape index (κ2) is 11.4. The second-order valence-corrected chi connectivity index (χ2v) is 8.90. The zero-order chi connectivity index (χ0) is 28.1. The van der Waals surface area contributed by atoms with E-state index in [-0.39, 0.29) is 23.0 Å². The molecule has 4 rings (SSSR count). The molecular formula is C28H18O10S. The highest BCUT2D eigenvalue weighted by molar-refractivity contribution is 7.99. The molecular weight excluding hydrogens is 528 g/mol. The van der Waals surface area contributed by atoms with Crippen LogP contribution in [0.2, 0.25) is 0 Å². The van der Waals surface area contributed by atoms with Crippen LogP contribution in [0.5, 0.6) is 23.0 Å². The van der Waals surface area contributed by atoms with E-state index in [2.05, 4.69) is 0 Å². The van der Waals surface area contributed by atoms with E-state index in [9.17, 15) is 39.6 Å². The summed E-state index contributed by atoms with van der Waals surface area (Å²) < 4.78 is 11.9. The Kier molecular flexibility index (Phi) is 7.82. The van der Waals surface area contributed by atoms with Crippen molar-refractivity contribution >= 4 is 35.6 Å². The minimum Gasteiger partial charge on any atom is -0.478 e. The van der Waals surface area contributed by atoms with Crippen LogP contribution >= 0.6 is 11.8 Å². The Morgan fingerprint density at radius 3 is 1.51 bits per heavy atom. The third kappa shape index (κ3) is 5.84. The first-order valence-corrected chi connectivity index (χ1v) is 11.9. The van der Waals surface area contributed by atoms with Crippen LogP contribution in [0.15, 0.2) is 94.7 Å². The van der Waals surface area contributed by atoms with Crippen LogP contribution in [-0.2, 0) is 0 Å². The van der Waals surface area contributed by atoms with Crippen molar-refractivity contribution in [1.29, 1.82) is 0 Å². The fourth-order valence-electron chi connectivity index (χ4n) is 3.63. The zero-order valence-corrected chi connectivity index (χ0v) is 20.5. The van der Waals surface area contributed by atoms with E-state index < -0.39 is 46.1 Å². The van der Waals surface area contributed by atoms with Crippen LogP contribution < -0.4 is 9.47 Å². The summed E-state index contributed by atoms with van der Waals surface area (Å²) in [6.45, 7) is 0. The van der Waals surface area contributed by atoms with Crippen molar-refractivity contribution in [1.82, 2.24) is 0 Å². The average Bonchev–Trinajstić information content (AvgIpc) is 2.90. The van der Waals surface area contributed by atoms with Crippen molar-refractivity contribution < 1.29 is 49.1 Å². The number of benzene rings is 4. The molecule has 0 saturated carbocycles. The maximum Gasteiger partial charge on any atom is 0.340 e. The van der Waals surface area contributed by atoms with E-state index in [4.69, 9.17) is 9.47 Å². The Hall–Kier alpha value is -5.29. The Labute approximate surface area is 224 Å². The molecule has 0 fully saturated rings. The molecule has 0 unspecified atom stereocenters. The number of carbonyl (C=O) groups is 4. The quantitative estimate of drug-likeness (QED) is 0.178. The summed E-state index contributed by atoms with van der Waals surface area (Å²) in [6, 6.07) is 21.1.